The van der Waals surface area contributed by atoms with Crippen molar-refractivity contribution in [2.45, 2.75) is 24.4 Å². The van der Waals surface area contributed by atoms with Crippen molar-refractivity contribution in [2.24, 2.45) is 0 Å². The van der Waals surface area contributed by atoms with Gasteiger partial charge in [0, 0.05) is 0 Å². The number of carbonyl (C=O) groups is 9. The highest BCUT2D eigenvalue weighted by molar-refractivity contribution is 6.00. The van der Waals surface area contributed by atoms with Gasteiger partial charge in [-0.05, 0) is 97.1 Å². The van der Waals surface area contributed by atoms with Crippen LogP contribution in [0.3, 0.4) is 0 Å². The largest absolute Gasteiger partial charge is 0.504 e. The molecule has 8 aromatic rings. The first-order chi connectivity index (χ1) is 47.0. The molecule has 0 bridgehead atoms. The van der Waals surface area contributed by atoms with Crippen LogP contribution < -0.4 is 14.2 Å². The van der Waals surface area contributed by atoms with E-state index in [-0.39, 0.29) is 12.1 Å². The summed E-state index contributed by atoms with van der Waals surface area (Å²) < 4.78 is 43.6. The van der Waals surface area contributed by atoms with Crippen LogP contribution in [0.25, 0.3) is 0 Å². The van der Waals surface area contributed by atoms with E-state index in [1.807, 2.05) is 0 Å². The van der Waals surface area contributed by atoms with Crippen LogP contribution in [-0.4, -0.2) is 192 Å². The minimum Gasteiger partial charge on any atom is -0.504 e. The quantitative estimate of drug-likeness (QED) is 0.0161. The molecule has 0 aromatic heterocycles. The van der Waals surface area contributed by atoms with E-state index in [0.29, 0.717) is 84.9 Å². The number of rotatable bonds is 21. The van der Waals surface area contributed by atoms with Crippen molar-refractivity contribution in [1.29, 1.82) is 0 Å². The first-order valence-electron chi connectivity index (χ1n) is 27.0. The average molecular weight is 1400 g/mol. The summed E-state index contributed by atoms with van der Waals surface area (Å²) in [5, 5.41) is 215. The summed E-state index contributed by atoms with van der Waals surface area (Å²) in [6, 6.07) is 6.35. The molecule has 100 heavy (non-hydrogen) atoms. The Bertz CT molecular complexity index is 4470. The van der Waals surface area contributed by atoms with E-state index in [4.69, 9.17) is 37.9 Å². The van der Waals surface area contributed by atoms with Gasteiger partial charge >= 0.3 is 47.8 Å². The van der Waals surface area contributed by atoms with Gasteiger partial charge in [-0.25, -0.2) is 38.4 Å². The molecule has 0 aliphatic rings. The number of benzene rings is 8. The molecule has 8 aromatic carbocycles. The van der Waals surface area contributed by atoms with Crippen LogP contribution in [0, 0.1) is 0 Å². The van der Waals surface area contributed by atoms with Crippen molar-refractivity contribution < 1.29 is 188 Å². The lowest BCUT2D eigenvalue weighted by molar-refractivity contribution is -0.143. The second-order valence-electron chi connectivity index (χ2n) is 20.3. The van der Waals surface area contributed by atoms with Gasteiger partial charge in [0.15, 0.2) is 163 Å². The Hall–Kier alpha value is -15.0. The summed E-state index contributed by atoms with van der Waals surface area (Å²) in [4.78, 5) is 128. The number of carbonyl (C=O) groups excluding carboxylic acids is 9. The van der Waals surface area contributed by atoms with Crippen molar-refractivity contribution in [1.82, 2.24) is 0 Å². The van der Waals surface area contributed by atoms with E-state index >= 15 is 4.79 Å². The molecule has 8 rings (SSSR count). The summed E-state index contributed by atoms with van der Waals surface area (Å²) in [5.74, 6) is -45.6. The van der Waals surface area contributed by atoms with Gasteiger partial charge in [0.2, 0.25) is 5.75 Å². The second-order valence-corrected chi connectivity index (χ2v) is 20.3. The minimum atomic E-state index is -3.17. The third-order valence-corrected chi connectivity index (χ3v) is 13.5. The molecule has 520 valence electrons. The Morgan fingerprint density at radius 2 is 0.490 bits per heavy atom. The molecular weight excluding hydrogens is 1350 g/mol. The van der Waals surface area contributed by atoms with E-state index in [0.717, 1.165) is 0 Å². The first kappa shape index (κ1) is 70.9. The standard InChI is InChI=1S/C62H44O38/c63-17-43(96-59(89)26-15-41(94-56(86)20-3-29(66)46(79)30(67)4-20)52(98-60(90)23-9-35(72)49(82)36(73)10-23)42(16-26)95-57(87)21-5-31(68)47(80)32(69)6-21)53(99-61(91)24-11-37(74)50(83)38(75)12-24)54(100-62(92)25-13-39(76)51(84)40(77)14-25)44(97-58(88)22-7-33(70)48(81)34(71)8-22)18-93-55(85)19-1-27(64)45(78)28(65)2-19/h1-17,43-44,53-54,64-84H,18H2/t43-,44+,53+,54+/m0/s1. The molecule has 0 spiro atoms. The van der Waals surface area contributed by atoms with Gasteiger partial charge in [0.1, 0.15) is 6.61 Å². The maximum atomic E-state index is 15.0. The number of ether oxygens (including phenoxy) is 8. The van der Waals surface area contributed by atoms with E-state index in [1.165, 1.54) is 0 Å². The number of aldehydes is 1. The van der Waals surface area contributed by atoms with Crippen LogP contribution in [0.2, 0.25) is 0 Å². The molecule has 0 fully saturated rings. The molecule has 0 aliphatic carbocycles. The lowest BCUT2D eigenvalue weighted by Gasteiger charge is -2.34. The normalized spacial score (nSPS) is 12.1. The molecule has 4 atom stereocenters. The minimum absolute atomic E-state index is 0.280. The summed E-state index contributed by atoms with van der Waals surface area (Å²) in [7, 11) is 0. The van der Waals surface area contributed by atoms with Gasteiger partial charge < -0.3 is 145 Å². The Balaban J connectivity index is 1.36. The number of phenolic OH excluding ortho intramolecular Hbond substituents is 21. The lowest BCUT2D eigenvalue weighted by atomic mass is 10.0. The predicted octanol–water partition coefficient (Wildman–Crippen LogP) is 3.42. The van der Waals surface area contributed by atoms with Gasteiger partial charge in [-0.3, -0.25) is 4.79 Å². The maximum Gasteiger partial charge on any atom is 0.344 e. The third-order valence-electron chi connectivity index (χ3n) is 13.5. The summed E-state index contributed by atoms with van der Waals surface area (Å²) in [6.45, 7) is -1.72. The molecule has 0 heterocycles. The number of aromatic hydroxyl groups is 21. The number of hydrogen-bond acceptors (Lipinski definition) is 38. The van der Waals surface area contributed by atoms with Crippen LogP contribution >= 0.6 is 0 Å². The highest BCUT2D eigenvalue weighted by Gasteiger charge is 2.47. The van der Waals surface area contributed by atoms with Crippen LogP contribution in [0.1, 0.15) is 82.9 Å². The van der Waals surface area contributed by atoms with Crippen LogP contribution in [-0.2, 0) is 28.5 Å². The van der Waals surface area contributed by atoms with Crippen molar-refractivity contribution in [3.05, 3.63) is 142 Å². The van der Waals surface area contributed by atoms with Crippen LogP contribution in [0.15, 0.2) is 97.1 Å². The zero-order valence-electron chi connectivity index (χ0n) is 49.2. The van der Waals surface area contributed by atoms with E-state index in [1.54, 1.807) is 0 Å². The van der Waals surface area contributed by atoms with Gasteiger partial charge in [0.05, 0.1) is 44.5 Å². The Morgan fingerprint density at radius 3 is 0.770 bits per heavy atom. The van der Waals surface area contributed by atoms with Crippen molar-refractivity contribution in [3.63, 3.8) is 0 Å². The van der Waals surface area contributed by atoms with Crippen LogP contribution in [0.5, 0.6) is 138 Å². The molecule has 21 N–H and O–H groups in total. The Morgan fingerprint density at radius 1 is 0.270 bits per heavy atom. The topological polar surface area (TPSA) is 652 Å². The number of phenols is 21. The molecule has 0 radical (unpaired) electrons. The van der Waals surface area contributed by atoms with Crippen molar-refractivity contribution >= 4 is 54.0 Å². The van der Waals surface area contributed by atoms with Gasteiger partial charge in [-0.1, -0.05) is 0 Å². The zero-order valence-corrected chi connectivity index (χ0v) is 49.2. The first-order valence-corrected chi connectivity index (χ1v) is 27.0. The van der Waals surface area contributed by atoms with E-state index in [2.05, 4.69) is 0 Å². The van der Waals surface area contributed by atoms with Crippen molar-refractivity contribution in [2.75, 3.05) is 6.61 Å². The Kier molecular flexibility index (Phi) is 20.0. The maximum absolute atomic E-state index is 15.0. The molecule has 0 aliphatic heterocycles. The SMILES string of the molecule is O=C[C@H](OC(=O)c1cc(OC(=O)c2cc(O)c(O)c(O)c2)c(OC(=O)c2cc(O)c(O)c(O)c2)c(OC(=O)c2cc(O)c(O)c(O)c2)c1)[C@@H](OC(=O)c1cc(O)c(O)c(O)c1)[C@H](OC(=O)c1cc(O)c(O)c(O)c1)[C@@H](COC(=O)c1cc(O)c(O)c(O)c1)OC(=O)c1cc(O)c(O)c(O)c1. The van der Waals surface area contributed by atoms with Gasteiger partial charge in [0.25, 0.3) is 0 Å². The lowest BCUT2D eigenvalue weighted by Crippen LogP contribution is -2.54. The molecule has 0 saturated carbocycles. The summed E-state index contributed by atoms with van der Waals surface area (Å²) in [6.07, 6.45) is -12.8. The fraction of sp³-hybridized carbons (Fsp3) is 0.0806. The third kappa shape index (κ3) is 15.1. The molecule has 0 amide bonds. The fourth-order valence-electron chi connectivity index (χ4n) is 8.54. The second kappa shape index (κ2) is 28.3. The molecule has 0 saturated heterocycles. The monoisotopic (exact) mass is 1400 g/mol. The predicted molar refractivity (Wildman–Crippen MR) is 315 cm³/mol. The highest BCUT2D eigenvalue weighted by Crippen LogP contribution is 2.46. The van der Waals surface area contributed by atoms with Crippen LogP contribution in [0.4, 0.5) is 0 Å². The average Bonchev–Trinajstić information content (AvgIpc) is 0.789. The Labute approximate surface area is 551 Å². The van der Waals surface area contributed by atoms with Crippen molar-refractivity contribution in [3.8, 4) is 138 Å². The molecule has 38 nitrogen and oxygen atoms in total. The number of esters is 8. The fourth-order valence-corrected chi connectivity index (χ4v) is 8.54. The highest BCUT2D eigenvalue weighted by atomic mass is 16.6. The molecule has 38 heteroatoms. The van der Waals surface area contributed by atoms with Gasteiger partial charge in [-0.15, -0.1) is 0 Å². The van der Waals surface area contributed by atoms with E-state index < -0.39 is 268 Å². The van der Waals surface area contributed by atoms with E-state index in [9.17, 15) is 146 Å². The van der Waals surface area contributed by atoms with Gasteiger partial charge in [-0.2, -0.15) is 0 Å². The number of hydrogen-bond donors (Lipinski definition) is 21. The zero-order chi connectivity index (χ0) is 73.8. The molecular formula is C62H44O38. The summed E-state index contributed by atoms with van der Waals surface area (Å²) in [5.41, 5.74) is -8.21. The summed E-state index contributed by atoms with van der Waals surface area (Å²) >= 11 is 0. The molecule has 0 unspecified atom stereocenters. The smallest absolute Gasteiger partial charge is 0.344 e.